The lowest BCUT2D eigenvalue weighted by Gasteiger charge is -2.16. The van der Waals surface area contributed by atoms with E-state index in [1.165, 1.54) is 12.1 Å². The van der Waals surface area contributed by atoms with Crippen molar-refractivity contribution in [2.75, 3.05) is 6.61 Å². The molecule has 0 unspecified atom stereocenters. The molecule has 110 valence electrons. The van der Waals surface area contributed by atoms with E-state index in [0.29, 0.717) is 6.54 Å². The summed E-state index contributed by atoms with van der Waals surface area (Å²) in [7, 11) is 0. The second-order valence-corrected chi connectivity index (χ2v) is 4.87. The number of nitrogens with zero attached hydrogens (tertiary/aromatic N) is 1. The van der Waals surface area contributed by atoms with Crippen LogP contribution in [-0.4, -0.2) is 22.7 Å². The predicted octanol–water partition coefficient (Wildman–Crippen LogP) is 2.29. The van der Waals surface area contributed by atoms with Gasteiger partial charge in [0.25, 0.3) is 5.69 Å². The van der Waals surface area contributed by atoms with Crippen molar-refractivity contribution in [2.45, 2.75) is 19.0 Å². The van der Waals surface area contributed by atoms with E-state index in [-0.39, 0.29) is 18.3 Å². The molecule has 0 heterocycles. The lowest BCUT2D eigenvalue weighted by molar-refractivity contribution is -0.384. The maximum atomic E-state index is 10.6. The minimum absolute atomic E-state index is 0.0393. The molecular weight excluding hydrogens is 268 g/mol. The SMILES string of the molecule is O=[N+]([O-])c1ccc(CN[C@H](CO)Cc2ccccc2)cc1. The third kappa shape index (κ3) is 4.66. The number of benzene rings is 2. The van der Waals surface area contributed by atoms with Gasteiger partial charge in [0.1, 0.15) is 0 Å². The van der Waals surface area contributed by atoms with Crippen molar-refractivity contribution in [3.8, 4) is 0 Å². The average molecular weight is 286 g/mol. The number of aliphatic hydroxyl groups is 1. The molecule has 2 N–H and O–H groups in total. The quantitative estimate of drug-likeness (QED) is 0.605. The van der Waals surface area contributed by atoms with Crippen LogP contribution in [0.5, 0.6) is 0 Å². The Balaban J connectivity index is 1.89. The lowest BCUT2D eigenvalue weighted by atomic mass is 10.1. The summed E-state index contributed by atoms with van der Waals surface area (Å²) in [5, 5.41) is 23.3. The standard InChI is InChI=1S/C16H18N2O3/c19-12-15(10-13-4-2-1-3-5-13)17-11-14-6-8-16(9-7-14)18(20)21/h1-9,15,17,19H,10-12H2/t15-/m0/s1. The highest BCUT2D eigenvalue weighted by Gasteiger charge is 2.09. The molecule has 0 aromatic heterocycles. The predicted molar refractivity (Wildman–Crippen MR) is 81.0 cm³/mol. The first kappa shape index (κ1) is 15.2. The molecule has 0 amide bonds. The molecule has 0 saturated carbocycles. The van der Waals surface area contributed by atoms with E-state index >= 15 is 0 Å². The van der Waals surface area contributed by atoms with Crippen LogP contribution in [0.3, 0.4) is 0 Å². The fourth-order valence-corrected chi connectivity index (χ4v) is 2.10. The number of nitrogens with one attached hydrogen (secondary N) is 1. The van der Waals surface area contributed by atoms with Gasteiger partial charge in [0, 0.05) is 24.7 Å². The fraction of sp³-hybridized carbons (Fsp3) is 0.250. The van der Waals surface area contributed by atoms with Crippen molar-refractivity contribution in [3.05, 3.63) is 75.8 Å². The van der Waals surface area contributed by atoms with Crippen molar-refractivity contribution in [1.29, 1.82) is 0 Å². The molecule has 2 rings (SSSR count). The summed E-state index contributed by atoms with van der Waals surface area (Å²) in [5.74, 6) is 0. The van der Waals surface area contributed by atoms with Gasteiger partial charge in [-0.25, -0.2) is 0 Å². The Kier molecular flexibility index (Phi) is 5.43. The molecule has 21 heavy (non-hydrogen) atoms. The van der Waals surface area contributed by atoms with Gasteiger partial charge in [-0.05, 0) is 17.5 Å². The Hall–Kier alpha value is -2.24. The van der Waals surface area contributed by atoms with Gasteiger partial charge in [-0.2, -0.15) is 0 Å². The maximum Gasteiger partial charge on any atom is 0.269 e. The topological polar surface area (TPSA) is 75.4 Å². The first-order valence-electron chi connectivity index (χ1n) is 6.80. The van der Waals surface area contributed by atoms with Crippen LogP contribution in [0.2, 0.25) is 0 Å². The van der Waals surface area contributed by atoms with Gasteiger partial charge in [0.2, 0.25) is 0 Å². The molecular formula is C16H18N2O3. The lowest BCUT2D eigenvalue weighted by Crippen LogP contribution is -2.34. The average Bonchev–Trinajstić information content (AvgIpc) is 2.52. The van der Waals surface area contributed by atoms with E-state index < -0.39 is 4.92 Å². The Labute approximate surface area is 123 Å². The van der Waals surface area contributed by atoms with Crippen molar-refractivity contribution in [3.63, 3.8) is 0 Å². The maximum absolute atomic E-state index is 10.6. The van der Waals surface area contributed by atoms with Crippen molar-refractivity contribution < 1.29 is 10.0 Å². The minimum atomic E-state index is -0.414. The molecule has 0 aliphatic rings. The third-order valence-electron chi connectivity index (χ3n) is 3.29. The molecule has 0 radical (unpaired) electrons. The van der Waals surface area contributed by atoms with E-state index in [9.17, 15) is 15.2 Å². The van der Waals surface area contributed by atoms with Crippen molar-refractivity contribution in [2.24, 2.45) is 0 Å². The molecule has 0 saturated heterocycles. The van der Waals surface area contributed by atoms with Crippen LogP contribution in [-0.2, 0) is 13.0 Å². The van der Waals surface area contributed by atoms with Crippen molar-refractivity contribution >= 4 is 5.69 Å². The highest BCUT2D eigenvalue weighted by Crippen LogP contribution is 2.12. The summed E-state index contributed by atoms with van der Waals surface area (Å²) in [5.41, 5.74) is 2.20. The zero-order chi connectivity index (χ0) is 15.1. The Morgan fingerprint density at radius 1 is 1.05 bits per heavy atom. The summed E-state index contributed by atoms with van der Waals surface area (Å²) in [6.07, 6.45) is 0.740. The largest absolute Gasteiger partial charge is 0.395 e. The molecule has 0 fully saturated rings. The highest BCUT2D eigenvalue weighted by atomic mass is 16.6. The Morgan fingerprint density at radius 3 is 2.29 bits per heavy atom. The summed E-state index contributed by atoms with van der Waals surface area (Å²) < 4.78 is 0. The van der Waals surface area contributed by atoms with E-state index in [0.717, 1.165) is 17.5 Å². The van der Waals surface area contributed by atoms with Gasteiger partial charge in [-0.1, -0.05) is 42.5 Å². The number of aliphatic hydroxyl groups excluding tert-OH is 1. The number of rotatable bonds is 7. The van der Waals surface area contributed by atoms with Crippen LogP contribution < -0.4 is 5.32 Å². The minimum Gasteiger partial charge on any atom is -0.395 e. The molecule has 2 aromatic rings. The second kappa shape index (κ2) is 7.52. The number of nitro benzene ring substituents is 1. The monoisotopic (exact) mass is 286 g/mol. The fourth-order valence-electron chi connectivity index (χ4n) is 2.10. The molecule has 5 heteroatoms. The molecule has 2 aromatic carbocycles. The zero-order valence-corrected chi connectivity index (χ0v) is 11.6. The molecule has 0 spiro atoms. The Bertz CT molecular complexity index is 570. The van der Waals surface area contributed by atoms with Crippen LogP contribution in [0.1, 0.15) is 11.1 Å². The first-order valence-corrected chi connectivity index (χ1v) is 6.80. The normalized spacial score (nSPS) is 12.0. The van der Waals surface area contributed by atoms with Gasteiger partial charge in [0.05, 0.1) is 11.5 Å². The van der Waals surface area contributed by atoms with Gasteiger partial charge in [-0.3, -0.25) is 10.1 Å². The third-order valence-corrected chi connectivity index (χ3v) is 3.29. The van der Waals surface area contributed by atoms with Crippen LogP contribution >= 0.6 is 0 Å². The van der Waals surface area contributed by atoms with Crippen LogP contribution in [0.4, 0.5) is 5.69 Å². The molecule has 1 atom stereocenters. The molecule has 0 aliphatic carbocycles. The van der Waals surface area contributed by atoms with Crippen LogP contribution in [0.15, 0.2) is 54.6 Å². The van der Waals surface area contributed by atoms with Crippen LogP contribution in [0, 0.1) is 10.1 Å². The van der Waals surface area contributed by atoms with E-state index in [2.05, 4.69) is 5.32 Å². The smallest absolute Gasteiger partial charge is 0.269 e. The zero-order valence-electron chi connectivity index (χ0n) is 11.6. The van der Waals surface area contributed by atoms with Gasteiger partial charge < -0.3 is 10.4 Å². The molecule has 5 nitrogen and oxygen atoms in total. The van der Waals surface area contributed by atoms with Gasteiger partial charge in [-0.15, -0.1) is 0 Å². The number of nitro groups is 1. The van der Waals surface area contributed by atoms with Gasteiger partial charge in [0.15, 0.2) is 0 Å². The number of hydrogen-bond acceptors (Lipinski definition) is 4. The second-order valence-electron chi connectivity index (χ2n) is 4.87. The van der Waals surface area contributed by atoms with Gasteiger partial charge >= 0.3 is 0 Å². The van der Waals surface area contributed by atoms with Crippen molar-refractivity contribution in [1.82, 2.24) is 5.32 Å². The molecule has 0 aliphatic heterocycles. The summed E-state index contributed by atoms with van der Waals surface area (Å²) in [6.45, 7) is 0.609. The summed E-state index contributed by atoms with van der Waals surface area (Å²) >= 11 is 0. The van der Waals surface area contributed by atoms with E-state index in [1.807, 2.05) is 30.3 Å². The molecule has 0 bridgehead atoms. The Morgan fingerprint density at radius 2 is 1.71 bits per heavy atom. The van der Waals surface area contributed by atoms with E-state index in [4.69, 9.17) is 0 Å². The number of hydrogen-bond donors (Lipinski definition) is 2. The highest BCUT2D eigenvalue weighted by molar-refractivity contribution is 5.32. The summed E-state index contributed by atoms with van der Waals surface area (Å²) in [6, 6.07) is 16.3. The number of non-ortho nitro benzene ring substituents is 1. The summed E-state index contributed by atoms with van der Waals surface area (Å²) in [4.78, 5) is 10.2. The van der Waals surface area contributed by atoms with Crippen LogP contribution in [0.25, 0.3) is 0 Å². The van der Waals surface area contributed by atoms with E-state index in [1.54, 1.807) is 12.1 Å². The first-order chi connectivity index (χ1) is 10.2.